The lowest BCUT2D eigenvalue weighted by atomic mass is 10.1. The molecule has 1 aliphatic heterocycles. The topological polar surface area (TPSA) is 69.7 Å². The molecule has 0 aromatic heterocycles. The molecule has 0 bridgehead atoms. The molecule has 1 N–H and O–H groups in total. The molecule has 6 nitrogen and oxygen atoms in total. The Morgan fingerprint density at radius 1 is 1.17 bits per heavy atom. The number of carbonyl (C=O) groups excluding carboxylic acids is 1. The number of hydrogen-bond acceptors (Lipinski definition) is 4. The van der Waals surface area contributed by atoms with Gasteiger partial charge in [0.05, 0.1) is 4.90 Å². The van der Waals surface area contributed by atoms with Crippen molar-refractivity contribution in [2.24, 2.45) is 5.92 Å². The van der Waals surface area contributed by atoms with Crippen molar-refractivity contribution in [2.45, 2.75) is 25.2 Å². The Labute approximate surface area is 177 Å². The summed E-state index contributed by atoms with van der Waals surface area (Å²) in [5.41, 5.74) is 1.30. The molecule has 0 spiro atoms. The van der Waals surface area contributed by atoms with Crippen molar-refractivity contribution in [3.05, 3.63) is 59.9 Å². The lowest BCUT2D eigenvalue weighted by molar-refractivity contribution is 0.0948. The lowest BCUT2D eigenvalue weighted by Crippen LogP contribution is -2.32. The van der Waals surface area contributed by atoms with Gasteiger partial charge in [-0.15, -0.1) is 0 Å². The van der Waals surface area contributed by atoms with E-state index in [0.29, 0.717) is 25.2 Å². The maximum absolute atomic E-state index is 13.1. The minimum atomic E-state index is -3.61. The van der Waals surface area contributed by atoms with E-state index in [1.54, 1.807) is 38.1 Å². The molecule has 8 heteroatoms. The first-order chi connectivity index (χ1) is 14.3. The van der Waals surface area contributed by atoms with Crippen LogP contribution < -0.4 is 10.2 Å². The van der Waals surface area contributed by atoms with Crippen LogP contribution in [-0.4, -0.2) is 51.4 Å². The monoisotopic (exact) mass is 433 g/mol. The van der Waals surface area contributed by atoms with Gasteiger partial charge in [-0.05, 0) is 54.8 Å². The Kier molecular flexibility index (Phi) is 7.10. The third-order valence-electron chi connectivity index (χ3n) is 5.47. The first kappa shape index (κ1) is 22.2. The smallest absolute Gasteiger partial charge is 0.251 e. The molecule has 2 aromatic carbocycles. The van der Waals surface area contributed by atoms with Gasteiger partial charge in [-0.3, -0.25) is 4.79 Å². The third kappa shape index (κ3) is 4.99. The summed E-state index contributed by atoms with van der Waals surface area (Å²) in [6, 6.07) is 12.6. The van der Waals surface area contributed by atoms with E-state index in [4.69, 9.17) is 0 Å². The van der Waals surface area contributed by atoms with Crippen LogP contribution in [0.5, 0.6) is 0 Å². The Hall–Kier alpha value is -2.45. The maximum Gasteiger partial charge on any atom is 0.251 e. The predicted octanol–water partition coefficient (Wildman–Crippen LogP) is 3.11. The summed E-state index contributed by atoms with van der Waals surface area (Å²) in [5.74, 6) is -0.263. The number of carbonyl (C=O) groups is 1. The highest BCUT2D eigenvalue weighted by Crippen LogP contribution is 2.24. The largest absolute Gasteiger partial charge is 0.371 e. The number of hydrogen-bond donors (Lipinski definition) is 1. The average molecular weight is 434 g/mol. The first-order valence-corrected chi connectivity index (χ1v) is 11.7. The molecule has 0 radical (unpaired) electrons. The van der Waals surface area contributed by atoms with Gasteiger partial charge in [0, 0.05) is 44.0 Å². The first-order valence-electron chi connectivity index (χ1n) is 10.2. The molecule has 1 amide bonds. The molecule has 1 saturated heterocycles. The summed E-state index contributed by atoms with van der Waals surface area (Å²) in [5, 5.41) is 2.92. The van der Waals surface area contributed by atoms with Crippen molar-refractivity contribution in [3.63, 3.8) is 0 Å². The Balaban J connectivity index is 1.60. The number of benzene rings is 2. The van der Waals surface area contributed by atoms with Gasteiger partial charge in [-0.25, -0.2) is 12.8 Å². The summed E-state index contributed by atoms with van der Waals surface area (Å²) in [4.78, 5) is 14.9. The summed E-state index contributed by atoms with van der Waals surface area (Å²) in [6.07, 6.45) is 0.925. The molecule has 0 saturated carbocycles. The second-order valence-corrected chi connectivity index (χ2v) is 9.34. The quantitative estimate of drug-likeness (QED) is 0.695. The zero-order valence-electron chi connectivity index (χ0n) is 17.3. The number of rotatable bonds is 8. The number of halogens is 1. The van der Waals surface area contributed by atoms with Gasteiger partial charge in [0.1, 0.15) is 5.82 Å². The molecule has 0 aliphatic carbocycles. The summed E-state index contributed by atoms with van der Waals surface area (Å²) in [7, 11) is -3.61. The molecule has 3 rings (SSSR count). The lowest BCUT2D eigenvalue weighted by Gasteiger charge is -2.19. The highest BCUT2D eigenvalue weighted by molar-refractivity contribution is 7.89. The Morgan fingerprint density at radius 3 is 2.53 bits per heavy atom. The van der Waals surface area contributed by atoms with Gasteiger partial charge in [-0.1, -0.05) is 19.9 Å². The second kappa shape index (κ2) is 9.57. The van der Waals surface area contributed by atoms with Crippen LogP contribution in [0.4, 0.5) is 10.1 Å². The van der Waals surface area contributed by atoms with Gasteiger partial charge in [0.2, 0.25) is 10.0 Å². The van der Waals surface area contributed by atoms with E-state index in [1.165, 1.54) is 28.6 Å². The number of sulfonamides is 1. The van der Waals surface area contributed by atoms with Crippen molar-refractivity contribution >= 4 is 21.6 Å². The second-order valence-electron chi connectivity index (χ2n) is 7.40. The van der Waals surface area contributed by atoms with Crippen molar-refractivity contribution in [3.8, 4) is 0 Å². The Bertz CT molecular complexity index is 975. The van der Waals surface area contributed by atoms with Crippen LogP contribution in [0, 0.1) is 11.7 Å². The number of nitrogens with zero attached hydrogens (tertiary/aromatic N) is 2. The SMILES string of the molecule is CCN(CC)S(=O)(=O)c1cccc(C(=O)NCC2CCN(c3ccc(F)cc3)C2)c1. The highest BCUT2D eigenvalue weighted by atomic mass is 32.2. The molecule has 1 aliphatic rings. The highest BCUT2D eigenvalue weighted by Gasteiger charge is 2.25. The molecule has 162 valence electrons. The Morgan fingerprint density at radius 2 is 1.87 bits per heavy atom. The molecular weight excluding hydrogens is 405 g/mol. The van der Waals surface area contributed by atoms with Crippen molar-refractivity contribution in [1.29, 1.82) is 0 Å². The number of anilines is 1. The molecule has 1 unspecified atom stereocenters. The van der Waals surface area contributed by atoms with Crippen LogP contribution in [0.15, 0.2) is 53.4 Å². The van der Waals surface area contributed by atoms with E-state index in [9.17, 15) is 17.6 Å². The van der Waals surface area contributed by atoms with Crippen molar-refractivity contribution in [2.75, 3.05) is 37.6 Å². The van der Waals surface area contributed by atoms with E-state index in [2.05, 4.69) is 10.2 Å². The van der Waals surface area contributed by atoms with Gasteiger partial charge in [0.25, 0.3) is 5.91 Å². The van der Waals surface area contributed by atoms with E-state index in [1.807, 2.05) is 0 Å². The molecule has 1 atom stereocenters. The number of nitrogens with one attached hydrogen (secondary N) is 1. The summed E-state index contributed by atoms with van der Waals surface area (Å²) >= 11 is 0. The molecule has 2 aromatic rings. The molecule has 30 heavy (non-hydrogen) atoms. The van der Waals surface area contributed by atoms with Crippen LogP contribution in [0.3, 0.4) is 0 Å². The molecule has 1 fully saturated rings. The van der Waals surface area contributed by atoms with E-state index < -0.39 is 10.0 Å². The summed E-state index contributed by atoms with van der Waals surface area (Å²) < 4.78 is 39.9. The van der Waals surface area contributed by atoms with Crippen LogP contribution >= 0.6 is 0 Å². The molecule has 1 heterocycles. The fourth-order valence-corrected chi connectivity index (χ4v) is 5.24. The van der Waals surface area contributed by atoms with E-state index >= 15 is 0 Å². The normalized spacial score (nSPS) is 16.8. The average Bonchev–Trinajstić information content (AvgIpc) is 3.22. The van der Waals surface area contributed by atoms with Crippen molar-refractivity contribution in [1.82, 2.24) is 9.62 Å². The minimum Gasteiger partial charge on any atom is -0.371 e. The fraction of sp³-hybridized carbons (Fsp3) is 0.409. The van der Waals surface area contributed by atoms with Gasteiger partial charge < -0.3 is 10.2 Å². The van der Waals surface area contributed by atoms with Gasteiger partial charge >= 0.3 is 0 Å². The van der Waals surface area contributed by atoms with Gasteiger partial charge in [-0.2, -0.15) is 4.31 Å². The summed E-state index contributed by atoms with van der Waals surface area (Å²) in [6.45, 7) is 6.46. The van der Waals surface area contributed by atoms with E-state index in [0.717, 1.165) is 25.2 Å². The standard InChI is InChI=1S/C22H28FN3O3S/c1-3-26(4-2)30(28,29)21-7-5-6-18(14-21)22(27)24-15-17-12-13-25(16-17)20-10-8-19(23)9-11-20/h5-11,14,17H,3-4,12-13,15-16H2,1-2H3,(H,24,27). The van der Waals surface area contributed by atoms with Crippen LogP contribution in [0.25, 0.3) is 0 Å². The van der Waals surface area contributed by atoms with E-state index in [-0.39, 0.29) is 22.5 Å². The predicted molar refractivity (Wildman–Crippen MR) is 116 cm³/mol. The minimum absolute atomic E-state index is 0.127. The molecular formula is C22H28FN3O3S. The van der Waals surface area contributed by atoms with Crippen LogP contribution in [0.1, 0.15) is 30.6 Å². The fourth-order valence-electron chi connectivity index (χ4n) is 3.74. The van der Waals surface area contributed by atoms with Crippen LogP contribution in [-0.2, 0) is 10.0 Å². The maximum atomic E-state index is 13.1. The van der Waals surface area contributed by atoms with Crippen molar-refractivity contribution < 1.29 is 17.6 Å². The number of amides is 1. The zero-order valence-corrected chi connectivity index (χ0v) is 18.2. The van der Waals surface area contributed by atoms with Gasteiger partial charge in [0.15, 0.2) is 0 Å². The third-order valence-corrected chi connectivity index (χ3v) is 7.51. The van der Waals surface area contributed by atoms with Crippen LogP contribution in [0.2, 0.25) is 0 Å². The zero-order chi connectivity index (χ0) is 21.7.